The van der Waals surface area contributed by atoms with Crippen LogP contribution in [-0.4, -0.2) is 23.3 Å². The molecule has 0 radical (unpaired) electrons. The van der Waals surface area contributed by atoms with Crippen LogP contribution in [0, 0.1) is 5.92 Å². The molecule has 0 aromatic carbocycles. The van der Waals surface area contributed by atoms with E-state index in [-0.39, 0.29) is 5.92 Å². The molecule has 0 bridgehead atoms. The number of rotatable bonds is 5. The zero-order valence-corrected chi connectivity index (χ0v) is 10.9. The minimum Gasteiger partial charge on any atom is -0.462 e. The summed E-state index contributed by atoms with van der Waals surface area (Å²) in [5.74, 6) is 0.431. The van der Waals surface area contributed by atoms with E-state index in [1.54, 1.807) is 19.2 Å². The fourth-order valence-corrected chi connectivity index (χ4v) is 1.74. The number of nitrogens with two attached hydrogens (primary N) is 1. The maximum atomic E-state index is 11.9. The monoisotopic (exact) mass is 259 g/mol. The highest BCUT2D eigenvalue weighted by Gasteiger charge is 2.33. The minimum atomic E-state index is -0.424. The Balaban J connectivity index is 2.29. The summed E-state index contributed by atoms with van der Waals surface area (Å²) in [4.78, 5) is 20.5. The predicted molar refractivity (Wildman–Crippen MR) is 73.0 cm³/mol. The van der Waals surface area contributed by atoms with Gasteiger partial charge in [0.15, 0.2) is 5.82 Å². The maximum Gasteiger partial charge on any atom is 0.341 e. The number of aliphatic imine (C=N–C) groups is 1. The summed E-state index contributed by atoms with van der Waals surface area (Å²) in [5, 5.41) is 0. The van der Waals surface area contributed by atoms with Crippen LogP contribution in [0.2, 0.25) is 0 Å². The van der Waals surface area contributed by atoms with Crippen LogP contribution < -0.4 is 5.73 Å². The third kappa shape index (κ3) is 3.40. The van der Waals surface area contributed by atoms with Crippen LogP contribution in [0.4, 0.5) is 5.82 Å². The molecule has 1 aliphatic rings. The molecule has 0 aliphatic heterocycles. The SMILES string of the molecule is CCOC(=O)C(=C/N)/C(=N/c1ccccn1)C1CC1. The standard InChI is InChI=1S/C14H17N3O2/c1-2-19-14(18)11(9-15)13(10-6-7-10)17-12-5-3-4-8-16-12/h3-5,8-10H,2,6-7,15H2,1H3/b11-9+,17-13+. The van der Waals surface area contributed by atoms with Gasteiger partial charge in [0.2, 0.25) is 0 Å². The number of hydrogen-bond acceptors (Lipinski definition) is 5. The van der Waals surface area contributed by atoms with Crippen LogP contribution >= 0.6 is 0 Å². The van der Waals surface area contributed by atoms with Crippen molar-refractivity contribution in [2.75, 3.05) is 6.61 Å². The third-order valence-corrected chi connectivity index (χ3v) is 2.79. The van der Waals surface area contributed by atoms with Crippen molar-refractivity contribution >= 4 is 17.5 Å². The summed E-state index contributed by atoms with van der Waals surface area (Å²) in [7, 11) is 0. The first kappa shape index (κ1) is 13.3. The molecule has 5 nitrogen and oxygen atoms in total. The summed E-state index contributed by atoms with van der Waals surface area (Å²) in [6.07, 6.45) is 4.97. The van der Waals surface area contributed by atoms with Crippen LogP contribution in [0.1, 0.15) is 19.8 Å². The minimum absolute atomic E-state index is 0.279. The molecule has 19 heavy (non-hydrogen) atoms. The number of ether oxygens (including phenoxy) is 1. The Hall–Kier alpha value is -2.17. The summed E-state index contributed by atoms with van der Waals surface area (Å²) < 4.78 is 5.00. The van der Waals surface area contributed by atoms with Crippen molar-refractivity contribution in [2.45, 2.75) is 19.8 Å². The molecule has 1 saturated carbocycles. The van der Waals surface area contributed by atoms with Gasteiger partial charge in [-0.25, -0.2) is 14.8 Å². The Labute approximate surface area is 112 Å². The van der Waals surface area contributed by atoms with E-state index in [2.05, 4.69) is 9.98 Å². The number of esters is 1. The van der Waals surface area contributed by atoms with E-state index in [1.807, 2.05) is 12.1 Å². The Morgan fingerprint density at radius 1 is 1.58 bits per heavy atom. The van der Waals surface area contributed by atoms with Crippen molar-refractivity contribution in [3.63, 3.8) is 0 Å². The van der Waals surface area contributed by atoms with Gasteiger partial charge < -0.3 is 10.5 Å². The lowest BCUT2D eigenvalue weighted by Crippen LogP contribution is -2.19. The molecule has 1 aromatic rings. The normalized spacial score (nSPS) is 16.3. The second-order valence-electron chi connectivity index (χ2n) is 4.26. The Morgan fingerprint density at radius 2 is 2.37 bits per heavy atom. The van der Waals surface area contributed by atoms with Crippen molar-refractivity contribution in [3.05, 3.63) is 36.2 Å². The van der Waals surface area contributed by atoms with Gasteiger partial charge in [0.1, 0.15) is 0 Å². The molecule has 1 fully saturated rings. The lowest BCUT2D eigenvalue weighted by molar-refractivity contribution is -0.137. The Kier molecular flexibility index (Phi) is 4.28. The molecule has 5 heteroatoms. The molecule has 0 spiro atoms. The molecule has 0 unspecified atom stereocenters. The molecule has 0 saturated heterocycles. The van der Waals surface area contributed by atoms with Crippen molar-refractivity contribution in [3.8, 4) is 0 Å². The second kappa shape index (κ2) is 6.13. The van der Waals surface area contributed by atoms with Crippen LogP contribution in [0.25, 0.3) is 0 Å². The topological polar surface area (TPSA) is 77.6 Å². The first-order valence-electron chi connectivity index (χ1n) is 6.35. The van der Waals surface area contributed by atoms with E-state index >= 15 is 0 Å². The van der Waals surface area contributed by atoms with Crippen LogP contribution in [0.3, 0.4) is 0 Å². The molecule has 100 valence electrons. The van der Waals surface area contributed by atoms with Crippen molar-refractivity contribution < 1.29 is 9.53 Å². The van der Waals surface area contributed by atoms with Crippen molar-refractivity contribution in [2.24, 2.45) is 16.6 Å². The van der Waals surface area contributed by atoms with Gasteiger partial charge in [-0.2, -0.15) is 0 Å². The van der Waals surface area contributed by atoms with Crippen LogP contribution in [0.5, 0.6) is 0 Å². The lowest BCUT2D eigenvalue weighted by Gasteiger charge is -2.08. The van der Waals surface area contributed by atoms with Gasteiger partial charge in [-0.15, -0.1) is 0 Å². The molecule has 2 rings (SSSR count). The van der Waals surface area contributed by atoms with Gasteiger partial charge in [-0.1, -0.05) is 6.07 Å². The smallest absolute Gasteiger partial charge is 0.341 e. The molecule has 0 atom stereocenters. The van der Waals surface area contributed by atoms with Crippen LogP contribution in [-0.2, 0) is 9.53 Å². The summed E-state index contributed by atoms with van der Waals surface area (Å²) in [6.45, 7) is 2.08. The summed E-state index contributed by atoms with van der Waals surface area (Å²) in [5.41, 5.74) is 6.58. The molecule has 1 heterocycles. The molecule has 2 N–H and O–H groups in total. The third-order valence-electron chi connectivity index (χ3n) is 2.79. The number of nitrogens with zero attached hydrogens (tertiary/aromatic N) is 2. The van der Waals surface area contributed by atoms with Crippen molar-refractivity contribution in [1.29, 1.82) is 0 Å². The summed E-state index contributed by atoms with van der Waals surface area (Å²) >= 11 is 0. The molecule has 1 aromatic heterocycles. The average molecular weight is 259 g/mol. The molecule has 1 aliphatic carbocycles. The molecular weight excluding hydrogens is 242 g/mol. The predicted octanol–water partition coefficient (Wildman–Crippen LogP) is 1.97. The van der Waals surface area contributed by atoms with Gasteiger partial charge >= 0.3 is 5.97 Å². The highest BCUT2D eigenvalue weighted by molar-refractivity contribution is 6.21. The van der Waals surface area contributed by atoms with E-state index < -0.39 is 5.97 Å². The largest absolute Gasteiger partial charge is 0.462 e. The Morgan fingerprint density at radius 3 is 2.89 bits per heavy atom. The average Bonchev–Trinajstić information content (AvgIpc) is 3.24. The highest BCUT2D eigenvalue weighted by atomic mass is 16.5. The van der Waals surface area contributed by atoms with E-state index in [9.17, 15) is 4.79 Å². The van der Waals surface area contributed by atoms with Gasteiger partial charge in [0, 0.05) is 18.3 Å². The molecule has 0 amide bonds. The zero-order valence-electron chi connectivity index (χ0n) is 10.9. The van der Waals surface area contributed by atoms with E-state index in [0.29, 0.717) is 23.7 Å². The van der Waals surface area contributed by atoms with Gasteiger partial charge in [-0.05, 0) is 31.9 Å². The zero-order chi connectivity index (χ0) is 13.7. The van der Waals surface area contributed by atoms with Gasteiger partial charge in [-0.3, -0.25) is 0 Å². The van der Waals surface area contributed by atoms with Gasteiger partial charge in [0.05, 0.1) is 17.9 Å². The first-order valence-corrected chi connectivity index (χ1v) is 6.35. The number of carbonyl (C=O) groups excluding carboxylic acids is 1. The van der Waals surface area contributed by atoms with Crippen molar-refractivity contribution in [1.82, 2.24) is 4.98 Å². The van der Waals surface area contributed by atoms with Gasteiger partial charge in [0.25, 0.3) is 0 Å². The fraction of sp³-hybridized carbons (Fsp3) is 0.357. The van der Waals surface area contributed by atoms with E-state index in [4.69, 9.17) is 10.5 Å². The second-order valence-corrected chi connectivity index (χ2v) is 4.26. The summed E-state index contributed by atoms with van der Waals surface area (Å²) in [6, 6.07) is 5.47. The quantitative estimate of drug-likeness (QED) is 0.498. The van der Waals surface area contributed by atoms with E-state index in [1.165, 1.54) is 6.20 Å². The fourth-order valence-electron chi connectivity index (χ4n) is 1.74. The maximum absolute atomic E-state index is 11.9. The highest BCUT2D eigenvalue weighted by Crippen LogP contribution is 2.34. The molecular formula is C14H17N3O2. The number of carbonyl (C=O) groups is 1. The first-order chi connectivity index (χ1) is 9.26. The number of pyridine rings is 1. The van der Waals surface area contributed by atoms with Crippen LogP contribution in [0.15, 0.2) is 41.2 Å². The number of aromatic nitrogens is 1. The Bertz CT molecular complexity index is 505. The lowest BCUT2D eigenvalue weighted by atomic mass is 10.1. The number of hydrogen-bond donors (Lipinski definition) is 1. The van der Waals surface area contributed by atoms with E-state index in [0.717, 1.165) is 12.8 Å².